The van der Waals surface area contributed by atoms with Gasteiger partial charge in [-0.2, -0.15) is 0 Å². The first-order valence-corrected chi connectivity index (χ1v) is 11.8. The number of methoxy groups -OCH3 is 2. The van der Waals surface area contributed by atoms with Gasteiger partial charge in [0.25, 0.3) is 5.91 Å². The molecule has 0 unspecified atom stereocenters. The van der Waals surface area contributed by atoms with Gasteiger partial charge in [-0.05, 0) is 30.5 Å². The third kappa shape index (κ3) is 5.37. The normalized spacial score (nSPS) is 14.1. The van der Waals surface area contributed by atoms with Crippen molar-refractivity contribution >= 4 is 23.2 Å². The highest BCUT2D eigenvalue weighted by molar-refractivity contribution is 7.17. The second-order valence-corrected chi connectivity index (χ2v) is 9.04. The van der Waals surface area contributed by atoms with Crippen molar-refractivity contribution in [2.24, 2.45) is 0 Å². The number of rotatable bonds is 7. The van der Waals surface area contributed by atoms with Crippen molar-refractivity contribution in [1.29, 1.82) is 0 Å². The van der Waals surface area contributed by atoms with E-state index in [-0.39, 0.29) is 17.9 Å². The van der Waals surface area contributed by atoms with Gasteiger partial charge >= 0.3 is 0 Å². The van der Waals surface area contributed by atoms with Gasteiger partial charge in [0.15, 0.2) is 0 Å². The molecule has 1 aromatic heterocycles. The summed E-state index contributed by atoms with van der Waals surface area (Å²) in [6.07, 6.45) is 1.76. The topological polar surface area (TPSA) is 67.9 Å². The van der Waals surface area contributed by atoms with Crippen LogP contribution in [0.4, 0.5) is 0 Å². The average Bonchev–Trinajstić information content (AvgIpc) is 3.30. The minimum Gasteiger partial charge on any atom is -0.496 e. The number of hydrogen-bond donors (Lipinski definition) is 1. The minimum atomic E-state index is -0.127. The van der Waals surface area contributed by atoms with E-state index < -0.39 is 0 Å². The molecule has 1 N–H and O–H groups in total. The van der Waals surface area contributed by atoms with E-state index in [4.69, 9.17) is 9.47 Å². The quantitative estimate of drug-likeness (QED) is 0.563. The number of nitrogens with one attached hydrogen (secondary N) is 1. The molecular weight excluding hydrogens is 436 g/mol. The number of likely N-dealkylation sites (tertiary alicyclic amines) is 1. The Balaban J connectivity index is 1.34. The molecule has 4 rings (SSSR count). The van der Waals surface area contributed by atoms with Crippen LogP contribution in [0.5, 0.6) is 11.5 Å². The summed E-state index contributed by atoms with van der Waals surface area (Å²) < 4.78 is 10.8. The van der Waals surface area contributed by atoms with Crippen molar-refractivity contribution in [3.05, 3.63) is 71.1 Å². The first-order chi connectivity index (χ1) is 16.1. The maximum Gasteiger partial charge on any atom is 0.265 e. The Bertz CT molecular complexity index is 1100. The van der Waals surface area contributed by atoms with Crippen LogP contribution in [0.2, 0.25) is 0 Å². The van der Waals surface area contributed by atoms with Crippen LogP contribution in [-0.2, 0) is 11.2 Å². The van der Waals surface area contributed by atoms with Crippen molar-refractivity contribution in [1.82, 2.24) is 10.2 Å². The van der Waals surface area contributed by atoms with E-state index in [1.807, 2.05) is 65.6 Å². The predicted octanol–water partition coefficient (Wildman–Crippen LogP) is 4.40. The molecule has 1 saturated heterocycles. The summed E-state index contributed by atoms with van der Waals surface area (Å²) in [5, 5.41) is 3.14. The molecule has 172 valence electrons. The number of para-hydroxylation sites is 1. The number of ether oxygens (including phenoxy) is 2. The van der Waals surface area contributed by atoms with E-state index in [2.05, 4.69) is 5.32 Å². The lowest BCUT2D eigenvalue weighted by Crippen LogP contribution is -2.46. The molecule has 1 aliphatic rings. The molecule has 2 amide bonds. The summed E-state index contributed by atoms with van der Waals surface area (Å²) in [7, 11) is 3.20. The van der Waals surface area contributed by atoms with E-state index in [9.17, 15) is 9.59 Å². The molecule has 0 bridgehead atoms. The highest BCUT2D eigenvalue weighted by Crippen LogP contribution is 2.36. The number of piperidine rings is 1. The summed E-state index contributed by atoms with van der Waals surface area (Å²) in [4.78, 5) is 29.2. The van der Waals surface area contributed by atoms with E-state index in [1.54, 1.807) is 14.2 Å². The van der Waals surface area contributed by atoms with Crippen LogP contribution in [0.3, 0.4) is 0 Å². The monoisotopic (exact) mass is 464 g/mol. The summed E-state index contributed by atoms with van der Waals surface area (Å²) in [6.45, 7) is 1.24. The Labute approximate surface area is 198 Å². The second-order valence-electron chi connectivity index (χ2n) is 7.99. The molecular formula is C26H28N2O4S. The lowest BCUT2D eigenvalue weighted by atomic mass is 10.0. The van der Waals surface area contributed by atoms with Crippen molar-refractivity contribution in [2.45, 2.75) is 25.3 Å². The van der Waals surface area contributed by atoms with Gasteiger partial charge in [0, 0.05) is 29.6 Å². The molecule has 0 saturated carbocycles. The molecule has 33 heavy (non-hydrogen) atoms. The van der Waals surface area contributed by atoms with Crippen LogP contribution in [0, 0.1) is 0 Å². The number of hydrogen-bond acceptors (Lipinski definition) is 5. The first-order valence-electron chi connectivity index (χ1n) is 11.0. The molecule has 0 aliphatic carbocycles. The van der Waals surface area contributed by atoms with Gasteiger partial charge < -0.3 is 19.7 Å². The lowest BCUT2D eigenvalue weighted by molar-refractivity contribution is -0.131. The summed E-state index contributed by atoms with van der Waals surface area (Å²) in [5.74, 6) is 1.27. The minimum absolute atomic E-state index is 0.0276. The highest BCUT2D eigenvalue weighted by Gasteiger charge is 2.26. The van der Waals surface area contributed by atoms with Crippen LogP contribution in [-0.4, -0.2) is 50.1 Å². The second kappa shape index (κ2) is 10.5. The fourth-order valence-electron chi connectivity index (χ4n) is 4.08. The Morgan fingerprint density at radius 3 is 2.33 bits per heavy atom. The number of nitrogens with zero attached hydrogens (tertiary/aromatic N) is 1. The van der Waals surface area contributed by atoms with Gasteiger partial charge in [-0.1, -0.05) is 48.5 Å². The Morgan fingerprint density at radius 2 is 1.64 bits per heavy atom. The number of benzene rings is 2. The van der Waals surface area contributed by atoms with Gasteiger partial charge in [0.2, 0.25) is 5.91 Å². The van der Waals surface area contributed by atoms with Crippen LogP contribution < -0.4 is 14.8 Å². The van der Waals surface area contributed by atoms with Crippen LogP contribution in [0.15, 0.2) is 60.7 Å². The molecule has 1 aliphatic heterocycles. The van der Waals surface area contributed by atoms with E-state index in [0.717, 1.165) is 34.6 Å². The largest absolute Gasteiger partial charge is 0.496 e. The van der Waals surface area contributed by atoms with Gasteiger partial charge in [-0.15, -0.1) is 11.3 Å². The maximum atomic E-state index is 13.0. The molecule has 6 nitrogen and oxygen atoms in total. The summed E-state index contributed by atoms with van der Waals surface area (Å²) >= 11 is 1.43. The molecule has 2 heterocycles. The van der Waals surface area contributed by atoms with Crippen molar-refractivity contribution in [3.63, 3.8) is 0 Å². The van der Waals surface area contributed by atoms with Crippen LogP contribution in [0.1, 0.15) is 28.1 Å². The Morgan fingerprint density at radius 1 is 0.970 bits per heavy atom. The Hall–Kier alpha value is -3.32. The Kier molecular flexibility index (Phi) is 7.29. The van der Waals surface area contributed by atoms with Crippen molar-refractivity contribution in [3.8, 4) is 21.9 Å². The number of amides is 2. The first kappa shape index (κ1) is 22.9. The maximum absolute atomic E-state index is 13.0. The molecule has 0 atom stereocenters. The highest BCUT2D eigenvalue weighted by atomic mass is 32.1. The van der Waals surface area contributed by atoms with E-state index in [1.165, 1.54) is 11.3 Å². The third-order valence-corrected chi connectivity index (χ3v) is 7.06. The van der Waals surface area contributed by atoms with Crippen LogP contribution >= 0.6 is 11.3 Å². The van der Waals surface area contributed by atoms with Gasteiger partial charge in [-0.3, -0.25) is 9.59 Å². The van der Waals surface area contributed by atoms with Gasteiger partial charge in [0.05, 0.1) is 20.6 Å². The summed E-state index contributed by atoms with van der Waals surface area (Å²) in [5.41, 5.74) is 1.95. The number of carbonyl (C=O) groups is 2. The molecule has 0 radical (unpaired) electrons. The molecule has 1 fully saturated rings. The number of thiophene rings is 1. The lowest BCUT2D eigenvalue weighted by Gasteiger charge is -2.32. The molecule has 0 spiro atoms. The summed E-state index contributed by atoms with van der Waals surface area (Å²) in [6, 6.07) is 19.5. The smallest absolute Gasteiger partial charge is 0.265 e. The molecule has 7 heteroatoms. The van der Waals surface area contributed by atoms with E-state index >= 15 is 0 Å². The zero-order valence-electron chi connectivity index (χ0n) is 18.9. The zero-order chi connectivity index (χ0) is 23.2. The van der Waals surface area contributed by atoms with Crippen molar-refractivity contribution < 1.29 is 19.1 Å². The zero-order valence-corrected chi connectivity index (χ0v) is 19.7. The van der Waals surface area contributed by atoms with Crippen molar-refractivity contribution in [2.75, 3.05) is 27.3 Å². The average molecular weight is 465 g/mol. The predicted molar refractivity (Wildman–Crippen MR) is 130 cm³/mol. The standard InChI is InChI=1S/C26H28N2O4S/c1-31-21-11-7-6-10-19(21)16-24(29)28-14-12-20(13-15-28)27-26(30)25-22(32-2)17-23(33-25)18-8-4-3-5-9-18/h3-11,17,20H,12-16H2,1-2H3,(H,27,30). The van der Waals surface area contributed by atoms with E-state index in [0.29, 0.717) is 30.1 Å². The fraction of sp³-hybridized carbons (Fsp3) is 0.308. The third-order valence-electron chi connectivity index (χ3n) is 5.90. The van der Waals surface area contributed by atoms with Gasteiger partial charge in [0.1, 0.15) is 16.4 Å². The number of carbonyl (C=O) groups excluding carboxylic acids is 2. The SMILES string of the molecule is COc1ccccc1CC(=O)N1CCC(NC(=O)c2sc(-c3ccccc3)cc2OC)CC1. The molecule has 2 aromatic carbocycles. The van der Waals surface area contributed by atoms with Gasteiger partial charge in [-0.25, -0.2) is 0 Å². The van der Waals surface area contributed by atoms with Crippen LogP contribution in [0.25, 0.3) is 10.4 Å². The fourth-order valence-corrected chi connectivity index (χ4v) is 5.11. The molecule has 3 aromatic rings.